The van der Waals surface area contributed by atoms with Crippen LogP contribution in [0, 0.1) is 13.8 Å². The summed E-state index contributed by atoms with van der Waals surface area (Å²) in [4.78, 5) is 21.4. The number of carbonyl (C=O) groups excluding carboxylic acids is 1. The topological polar surface area (TPSA) is 56.1 Å². The number of hydrogen-bond acceptors (Lipinski definition) is 5. The number of benzene rings is 2. The van der Waals surface area contributed by atoms with E-state index in [1.54, 1.807) is 4.90 Å². The van der Waals surface area contributed by atoms with Crippen LogP contribution in [0.3, 0.4) is 0 Å². The predicted octanol–water partition coefficient (Wildman–Crippen LogP) is 2.48. The summed E-state index contributed by atoms with van der Waals surface area (Å²) >= 11 is 1.51. The van der Waals surface area contributed by atoms with Crippen molar-refractivity contribution in [3.63, 3.8) is 0 Å². The third-order valence-electron chi connectivity index (χ3n) is 4.98. The smallest absolute Gasteiger partial charge is 0.260 e. The van der Waals surface area contributed by atoms with E-state index in [2.05, 4.69) is 14.1 Å². The molecule has 152 valence electrons. The Morgan fingerprint density at radius 3 is 2.59 bits per heavy atom. The number of anilines is 1. The second kappa shape index (κ2) is 8.00. The summed E-state index contributed by atoms with van der Waals surface area (Å²) in [6, 6.07) is 9.85. The van der Waals surface area contributed by atoms with Crippen molar-refractivity contribution in [1.82, 2.24) is 4.98 Å². The first-order valence-electron chi connectivity index (χ1n) is 9.80. The lowest BCUT2D eigenvalue weighted by Crippen LogP contribution is -3.06. The Hall–Kier alpha value is -2.64. The number of aryl methyl sites for hydroxylation is 2. The normalized spacial score (nSPS) is 13.1. The van der Waals surface area contributed by atoms with Crippen LogP contribution in [0.15, 0.2) is 30.3 Å². The molecule has 0 unspecified atom stereocenters. The minimum absolute atomic E-state index is 0.0104. The Kier molecular flexibility index (Phi) is 5.43. The van der Waals surface area contributed by atoms with Gasteiger partial charge in [-0.1, -0.05) is 29.0 Å². The summed E-state index contributed by atoms with van der Waals surface area (Å²) in [5.41, 5.74) is 3.60. The average Bonchev–Trinajstić information content (AvgIpc) is 3.10. The zero-order valence-corrected chi connectivity index (χ0v) is 18.1. The van der Waals surface area contributed by atoms with Gasteiger partial charge in [0.05, 0.1) is 37.4 Å². The molecule has 0 saturated carbocycles. The van der Waals surface area contributed by atoms with E-state index in [-0.39, 0.29) is 5.91 Å². The van der Waals surface area contributed by atoms with Gasteiger partial charge in [-0.3, -0.25) is 9.69 Å². The number of aromatic nitrogens is 1. The third-order valence-corrected chi connectivity index (χ3v) is 6.02. The molecule has 6 nitrogen and oxygen atoms in total. The highest BCUT2D eigenvalue weighted by atomic mass is 32.1. The maximum atomic E-state index is 13.5. The van der Waals surface area contributed by atoms with Gasteiger partial charge in [-0.05, 0) is 25.5 Å². The van der Waals surface area contributed by atoms with Gasteiger partial charge in [-0.15, -0.1) is 0 Å². The summed E-state index contributed by atoms with van der Waals surface area (Å²) in [5.74, 6) is 1.44. The zero-order chi connectivity index (χ0) is 20.5. The standard InChI is InChI=1S/C22H25N3O3S/c1-14-5-6-15(2)16(11-14)21(26)25(8-7-24(3)4)22-23-17-12-18-19(13-20(17)29-22)28-10-9-27-18/h5-6,11-13H,7-10H2,1-4H3/p+1. The van der Waals surface area contributed by atoms with Crippen LogP contribution in [0.1, 0.15) is 21.5 Å². The lowest BCUT2D eigenvalue weighted by Gasteiger charge is -2.21. The number of fused-ring (bicyclic) bond motifs is 2. The van der Waals surface area contributed by atoms with E-state index >= 15 is 0 Å². The molecule has 1 amide bonds. The summed E-state index contributed by atoms with van der Waals surface area (Å²) in [6.45, 7) is 6.50. The van der Waals surface area contributed by atoms with Crippen LogP contribution in [0.25, 0.3) is 10.2 Å². The fourth-order valence-electron chi connectivity index (χ4n) is 3.30. The number of likely N-dealkylation sites (N-methyl/N-ethyl adjacent to an activating group) is 1. The van der Waals surface area contributed by atoms with Crippen LogP contribution in [0.5, 0.6) is 11.5 Å². The fourth-order valence-corrected chi connectivity index (χ4v) is 4.30. The molecule has 0 aliphatic carbocycles. The molecule has 1 aromatic heterocycles. The van der Waals surface area contributed by atoms with Gasteiger partial charge < -0.3 is 14.4 Å². The number of ether oxygens (including phenoxy) is 2. The largest absolute Gasteiger partial charge is 0.486 e. The van der Waals surface area contributed by atoms with Crippen molar-refractivity contribution in [2.75, 3.05) is 45.3 Å². The van der Waals surface area contributed by atoms with Gasteiger partial charge in [-0.2, -0.15) is 0 Å². The van der Waals surface area contributed by atoms with Gasteiger partial charge in [0.25, 0.3) is 5.91 Å². The molecule has 4 rings (SSSR count). The van der Waals surface area contributed by atoms with Crippen molar-refractivity contribution < 1.29 is 19.2 Å². The number of amides is 1. The molecule has 1 aliphatic rings. The van der Waals surface area contributed by atoms with Gasteiger partial charge in [0.1, 0.15) is 13.2 Å². The number of nitrogens with zero attached hydrogens (tertiary/aromatic N) is 2. The highest BCUT2D eigenvalue weighted by Gasteiger charge is 2.24. The van der Waals surface area contributed by atoms with Crippen molar-refractivity contribution in [3.05, 3.63) is 47.0 Å². The Morgan fingerprint density at radius 1 is 1.14 bits per heavy atom. The Morgan fingerprint density at radius 2 is 1.86 bits per heavy atom. The third kappa shape index (κ3) is 4.06. The average molecular weight is 413 g/mol. The van der Waals surface area contributed by atoms with Gasteiger partial charge in [0, 0.05) is 17.7 Å². The van der Waals surface area contributed by atoms with E-state index in [1.165, 1.54) is 16.2 Å². The molecule has 0 saturated heterocycles. The highest BCUT2D eigenvalue weighted by molar-refractivity contribution is 7.22. The second-order valence-corrected chi connectivity index (χ2v) is 8.70. The van der Waals surface area contributed by atoms with Crippen LogP contribution < -0.4 is 19.3 Å². The van der Waals surface area contributed by atoms with Gasteiger partial charge in [-0.25, -0.2) is 4.98 Å². The van der Waals surface area contributed by atoms with E-state index in [9.17, 15) is 4.79 Å². The first kappa shape index (κ1) is 19.7. The molecule has 0 fully saturated rings. The predicted molar refractivity (Wildman–Crippen MR) is 116 cm³/mol. The molecule has 2 aromatic carbocycles. The summed E-state index contributed by atoms with van der Waals surface area (Å²) in [5, 5.41) is 0.703. The number of rotatable bonds is 5. The molecule has 1 aliphatic heterocycles. The summed E-state index contributed by atoms with van der Waals surface area (Å²) < 4.78 is 12.4. The molecule has 2 heterocycles. The van der Waals surface area contributed by atoms with Crippen LogP contribution >= 0.6 is 11.3 Å². The molecule has 0 spiro atoms. The van der Waals surface area contributed by atoms with E-state index < -0.39 is 0 Å². The van der Waals surface area contributed by atoms with E-state index in [0.29, 0.717) is 30.6 Å². The lowest BCUT2D eigenvalue weighted by atomic mass is 10.0. The monoisotopic (exact) mass is 412 g/mol. The van der Waals surface area contributed by atoms with Gasteiger partial charge >= 0.3 is 0 Å². The molecule has 0 atom stereocenters. The number of nitrogens with one attached hydrogen (secondary N) is 1. The summed E-state index contributed by atoms with van der Waals surface area (Å²) in [6.07, 6.45) is 0. The molecule has 7 heteroatoms. The molecular weight excluding hydrogens is 386 g/mol. The van der Waals surface area contributed by atoms with Crippen molar-refractivity contribution in [2.45, 2.75) is 13.8 Å². The second-order valence-electron chi connectivity index (χ2n) is 7.69. The maximum Gasteiger partial charge on any atom is 0.260 e. The Balaban J connectivity index is 1.74. The van der Waals surface area contributed by atoms with Crippen molar-refractivity contribution in [2.24, 2.45) is 0 Å². The van der Waals surface area contributed by atoms with Crippen LogP contribution in [0.2, 0.25) is 0 Å². The SMILES string of the molecule is Cc1ccc(C)c(C(=O)N(CC[NH+](C)C)c2nc3cc4c(cc3s2)OCCO4)c1. The lowest BCUT2D eigenvalue weighted by molar-refractivity contribution is -0.856. The number of carbonyl (C=O) groups is 1. The van der Waals surface area contributed by atoms with Gasteiger partial charge in [0.15, 0.2) is 16.6 Å². The van der Waals surface area contributed by atoms with Crippen LogP contribution in [0.4, 0.5) is 5.13 Å². The molecule has 29 heavy (non-hydrogen) atoms. The first-order valence-corrected chi connectivity index (χ1v) is 10.6. The molecule has 0 bridgehead atoms. The summed E-state index contributed by atoms with van der Waals surface area (Å²) in [7, 11) is 4.17. The van der Waals surface area contributed by atoms with Crippen LogP contribution in [-0.2, 0) is 0 Å². The maximum absolute atomic E-state index is 13.5. The Labute approximate surface area is 174 Å². The molecule has 0 radical (unpaired) electrons. The number of hydrogen-bond donors (Lipinski definition) is 1. The molecule has 3 aromatic rings. The van der Waals surface area contributed by atoms with Crippen LogP contribution in [-0.4, -0.2) is 51.3 Å². The van der Waals surface area contributed by atoms with E-state index in [4.69, 9.17) is 14.5 Å². The highest BCUT2D eigenvalue weighted by Crippen LogP contribution is 2.39. The van der Waals surface area contributed by atoms with E-state index in [1.807, 2.05) is 44.2 Å². The minimum atomic E-state index is -0.0104. The first-order chi connectivity index (χ1) is 13.9. The minimum Gasteiger partial charge on any atom is -0.486 e. The number of thiazole rings is 1. The van der Waals surface area contributed by atoms with Crippen molar-refractivity contribution in [1.29, 1.82) is 0 Å². The van der Waals surface area contributed by atoms with Gasteiger partial charge in [0.2, 0.25) is 0 Å². The fraction of sp³-hybridized carbons (Fsp3) is 0.364. The van der Waals surface area contributed by atoms with E-state index in [0.717, 1.165) is 39.2 Å². The van der Waals surface area contributed by atoms with Crippen molar-refractivity contribution in [3.8, 4) is 11.5 Å². The Bertz CT molecular complexity index is 1020. The molecular formula is C22H26N3O3S+. The zero-order valence-electron chi connectivity index (χ0n) is 17.2. The number of quaternary nitrogens is 1. The quantitative estimate of drug-likeness (QED) is 0.700. The van der Waals surface area contributed by atoms with Crippen molar-refractivity contribution >= 4 is 32.6 Å². The molecule has 1 N–H and O–H groups in total.